The minimum Gasteiger partial charge on any atom is -0.444 e. The molecule has 160 valence electrons. The number of nitrogens with zero attached hydrogens (tertiary/aromatic N) is 3. The molecule has 2 unspecified atom stereocenters. The van der Waals surface area contributed by atoms with E-state index in [1.165, 1.54) is 0 Å². The summed E-state index contributed by atoms with van der Waals surface area (Å²) >= 11 is 0. The molecule has 1 aromatic heterocycles. The predicted molar refractivity (Wildman–Crippen MR) is 90.9 cm³/mol. The van der Waals surface area contributed by atoms with Gasteiger partial charge >= 0.3 is 12.3 Å². The van der Waals surface area contributed by atoms with Crippen LogP contribution < -0.4 is 0 Å². The Balaban J connectivity index is 2.35. The van der Waals surface area contributed by atoms with Gasteiger partial charge in [-0.25, -0.2) is 17.6 Å². The summed E-state index contributed by atoms with van der Waals surface area (Å²) in [5.41, 5.74) is -4.92. The summed E-state index contributed by atoms with van der Waals surface area (Å²) in [6.45, 7) is 4.93. The summed E-state index contributed by atoms with van der Waals surface area (Å²) in [7, 11) is -3.85. The highest BCUT2D eigenvalue weighted by molar-refractivity contribution is 7.91. The lowest BCUT2D eigenvalue weighted by Crippen LogP contribution is -2.52. The van der Waals surface area contributed by atoms with Gasteiger partial charge in [0.2, 0.25) is 15.3 Å². The number of carbonyl (C=O) groups excluding carboxylic acids is 1. The standard InChI is InChI=1S/C16H23F4N3O4S/c1-15(2,3)27-14(24)23-8-6-5-7-10(23)13(17)28(25,26)12-9-11(16(18,19)20)21-22(12)4/h9-10,13H,5-8H2,1-4H3. The van der Waals surface area contributed by atoms with Gasteiger partial charge in [-0.1, -0.05) is 0 Å². The Morgan fingerprint density at radius 1 is 1.29 bits per heavy atom. The Morgan fingerprint density at radius 3 is 2.39 bits per heavy atom. The third kappa shape index (κ3) is 4.76. The molecule has 0 radical (unpaired) electrons. The Kier molecular flexibility index (Phi) is 6.03. The van der Waals surface area contributed by atoms with Gasteiger partial charge in [0, 0.05) is 19.7 Å². The summed E-state index contributed by atoms with van der Waals surface area (Å²) < 4.78 is 84.6. The second-order valence-corrected chi connectivity index (χ2v) is 9.58. The smallest absolute Gasteiger partial charge is 0.435 e. The predicted octanol–water partition coefficient (Wildman–Crippen LogP) is 3.30. The molecule has 1 saturated heterocycles. The first-order valence-electron chi connectivity index (χ1n) is 8.63. The van der Waals surface area contributed by atoms with Gasteiger partial charge in [0.05, 0.1) is 6.04 Å². The van der Waals surface area contributed by atoms with Gasteiger partial charge in [-0.3, -0.25) is 4.68 Å². The topological polar surface area (TPSA) is 81.5 Å². The van der Waals surface area contributed by atoms with E-state index in [9.17, 15) is 26.4 Å². The van der Waals surface area contributed by atoms with Crippen molar-refractivity contribution in [3.8, 4) is 0 Å². The van der Waals surface area contributed by atoms with Crippen molar-refractivity contribution in [2.24, 2.45) is 7.05 Å². The molecule has 0 N–H and O–H groups in total. The molecule has 2 atom stereocenters. The monoisotopic (exact) mass is 429 g/mol. The molecular weight excluding hydrogens is 406 g/mol. The summed E-state index contributed by atoms with van der Waals surface area (Å²) in [6.07, 6.45) is -4.68. The van der Waals surface area contributed by atoms with E-state index in [1.54, 1.807) is 20.8 Å². The van der Waals surface area contributed by atoms with Crippen molar-refractivity contribution in [3.05, 3.63) is 11.8 Å². The maximum absolute atomic E-state index is 15.1. The van der Waals surface area contributed by atoms with E-state index < -0.39 is 50.0 Å². The van der Waals surface area contributed by atoms with Crippen molar-refractivity contribution in [1.82, 2.24) is 14.7 Å². The van der Waals surface area contributed by atoms with Crippen molar-refractivity contribution in [1.29, 1.82) is 0 Å². The first kappa shape index (κ1) is 22.4. The normalized spacial score (nSPS) is 20.1. The summed E-state index contributed by atoms with van der Waals surface area (Å²) in [5, 5.41) is 2.22. The first-order chi connectivity index (χ1) is 12.6. The van der Waals surface area contributed by atoms with Crippen molar-refractivity contribution in [2.75, 3.05) is 6.54 Å². The van der Waals surface area contributed by atoms with E-state index in [4.69, 9.17) is 4.74 Å². The van der Waals surface area contributed by atoms with Crippen LogP contribution in [0.4, 0.5) is 22.4 Å². The molecule has 1 aromatic rings. The van der Waals surface area contributed by atoms with E-state index in [1.807, 2.05) is 0 Å². The van der Waals surface area contributed by atoms with Crippen LogP contribution in [-0.4, -0.2) is 52.9 Å². The Bertz CT molecular complexity index is 830. The fourth-order valence-corrected chi connectivity index (χ4v) is 4.57. The number of halogens is 4. The number of hydrogen-bond acceptors (Lipinski definition) is 5. The number of likely N-dealkylation sites (tertiary alicyclic amines) is 1. The van der Waals surface area contributed by atoms with Gasteiger partial charge in [0.25, 0.3) is 0 Å². The average Bonchev–Trinajstić information content (AvgIpc) is 2.95. The second kappa shape index (κ2) is 7.53. The van der Waals surface area contributed by atoms with Crippen LogP contribution in [0.5, 0.6) is 0 Å². The number of aromatic nitrogens is 2. The van der Waals surface area contributed by atoms with Crippen LogP contribution in [0.15, 0.2) is 11.1 Å². The van der Waals surface area contributed by atoms with Crippen LogP contribution in [0.1, 0.15) is 45.7 Å². The molecule has 7 nitrogen and oxygen atoms in total. The number of rotatable bonds is 3. The lowest BCUT2D eigenvalue weighted by Gasteiger charge is -2.37. The molecule has 12 heteroatoms. The highest BCUT2D eigenvalue weighted by atomic mass is 32.2. The number of aryl methyl sites for hydroxylation is 1. The molecule has 2 rings (SSSR count). The third-order valence-electron chi connectivity index (χ3n) is 4.20. The highest BCUT2D eigenvalue weighted by Crippen LogP contribution is 2.33. The molecule has 2 heterocycles. The minimum absolute atomic E-state index is 0.0453. The molecule has 1 aliphatic rings. The fourth-order valence-electron chi connectivity index (χ4n) is 2.95. The molecule has 0 aromatic carbocycles. The molecule has 1 aliphatic heterocycles. The molecule has 0 bridgehead atoms. The largest absolute Gasteiger partial charge is 0.444 e. The molecule has 28 heavy (non-hydrogen) atoms. The van der Waals surface area contributed by atoms with E-state index in [2.05, 4.69) is 5.10 Å². The number of ether oxygens (including phenoxy) is 1. The number of carbonyl (C=O) groups is 1. The van der Waals surface area contributed by atoms with E-state index >= 15 is 4.39 Å². The number of hydrogen-bond donors (Lipinski definition) is 0. The van der Waals surface area contributed by atoms with E-state index in [0.29, 0.717) is 23.6 Å². The lowest BCUT2D eigenvalue weighted by atomic mass is 10.0. The van der Waals surface area contributed by atoms with Crippen molar-refractivity contribution >= 4 is 15.9 Å². The van der Waals surface area contributed by atoms with Crippen LogP contribution >= 0.6 is 0 Å². The molecule has 1 amide bonds. The molecule has 1 fully saturated rings. The maximum atomic E-state index is 15.1. The molecule has 0 saturated carbocycles. The lowest BCUT2D eigenvalue weighted by molar-refractivity contribution is -0.141. The van der Waals surface area contributed by atoms with Crippen LogP contribution in [0, 0.1) is 0 Å². The zero-order valence-electron chi connectivity index (χ0n) is 16.0. The SMILES string of the molecule is Cn1nc(C(F)(F)F)cc1S(=O)(=O)C(F)C1CCCCN1C(=O)OC(C)(C)C. The summed E-state index contributed by atoms with van der Waals surface area (Å²) in [5.74, 6) is 0. The van der Waals surface area contributed by atoms with Crippen LogP contribution in [0.25, 0.3) is 0 Å². The number of sulfone groups is 1. The molecule has 0 aliphatic carbocycles. The Labute approximate surface area is 160 Å². The minimum atomic E-state index is -4.87. The van der Waals surface area contributed by atoms with E-state index in [-0.39, 0.29) is 13.0 Å². The van der Waals surface area contributed by atoms with Crippen LogP contribution in [-0.2, 0) is 27.8 Å². The highest BCUT2D eigenvalue weighted by Gasteiger charge is 2.45. The zero-order chi connectivity index (χ0) is 21.5. The van der Waals surface area contributed by atoms with Gasteiger partial charge in [-0.2, -0.15) is 18.3 Å². The fraction of sp³-hybridized carbons (Fsp3) is 0.750. The van der Waals surface area contributed by atoms with Crippen LogP contribution in [0.3, 0.4) is 0 Å². The maximum Gasteiger partial charge on any atom is 0.435 e. The first-order valence-corrected chi connectivity index (χ1v) is 10.2. The van der Waals surface area contributed by atoms with Crippen LogP contribution in [0.2, 0.25) is 0 Å². The van der Waals surface area contributed by atoms with Gasteiger partial charge in [-0.15, -0.1) is 0 Å². The van der Waals surface area contributed by atoms with Gasteiger partial charge in [-0.05, 0) is 40.0 Å². The quantitative estimate of drug-likeness (QED) is 0.689. The van der Waals surface area contributed by atoms with E-state index in [0.717, 1.165) is 11.9 Å². The second-order valence-electron chi connectivity index (χ2n) is 7.62. The Morgan fingerprint density at radius 2 is 1.89 bits per heavy atom. The number of piperidine rings is 1. The number of amides is 1. The van der Waals surface area contributed by atoms with Crippen molar-refractivity contribution < 1.29 is 35.5 Å². The average molecular weight is 429 g/mol. The van der Waals surface area contributed by atoms with Crippen molar-refractivity contribution in [3.63, 3.8) is 0 Å². The van der Waals surface area contributed by atoms with Gasteiger partial charge in [0.1, 0.15) is 5.60 Å². The molecular formula is C16H23F4N3O4S. The summed E-state index contributed by atoms with van der Waals surface area (Å²) in [6, 6.07) is -1.07. The number of alkyl halides is 4. The van der Waals surface area contributed by atoms with Gasteiger partial charge in [0.15, 0.2) is 10.7 Å². The molecule has 0 spiro atoms. The Hall–Kier alpha value is -1.85. The third-order valence-corrected chi connectivity index (χ3v) is 6.07. The van der Waals surface area contributed by atoms with Crippen molar-refractivity contribution in [2.45, 2.75) is 68.4 Å². The van der Waals surface area contributed by atoms with Gasteiger partial charge < -0.3 is 9.64 Å². The zero-order valence-corrected chi connectivity index (χ0v) is 16.8. The summed E-state index contributed by atoms with van der Waals surface area (Å²) in [4.78, 5) is 13.4.